The van der Waals surface area contributed by atoms with E-state index in [1.54, 1.807) is 48.2 Å². The molecule has 0 aromatic heterocycles. The SMILES string of the molecule is CCC(=O)N1CCc2cc(S(=O)(=O)CCC(=O)Nc3ccccc3Cl)ccc21. The molecule has 0 aliphatic carbocycles. The third kappa shape index (κ3) is 4.36. The van der Waals surface area contributed by atoms with Gasteiger partial charge in [0.25, 0.3) is 0 Å². The Morgan fingerprint density at radius 3 is 2.64 bits per heavy atom. The number of fused-ring (bicyclic) bond motifs is 1. The molecule has 28 heavy (non-hydrogen) atoms. The van der Waals surface area contributed by atoms with Crippen LogP contribution in [0.5, 0.6) is 0 Å². The molecule has 1 aliphatic heterocycles. The fourth-order valence-electron chi connectivity index (χ4n) is 3.14. The highest BCUT2D eigenvalue weighted by atomic mass is 35.5. The average Bonchev–Trinajstić information content (AvgIpc) is 3.11. The molecule has 0 fully saturated rings. The van der Waals surface area contributed by atoms with Crippen molar-refractivity contribution < 1.29 is 18.0 Å². The van der Waals surface area contributed by atoms with Crippen LogP contribution in [0, 0.1) is 0 Å². The van der Waals surface area contributed by atoms with Crippen molar-refractivity contribution in [1.29, 1.82) is 0 Å². The van der Waals surface area contributed by atoms with Gasteiger partial charge in [0.05, 0.1) is 21.4 Å². The molecule has 2 aromatic rings. The largest absolute Gasteiger partial charge is 0.325 e. The fourth-order valence-corrected chi connectivity index (χ4v) is 4.61. The number of carbonyl (C=O) groups excluding carboxylic acids is 2. The summed E-state index contributed by atoms with van der Waals surface area (Å²) in [6.45, 7) is 2.36. The number of nitrogens with one attached hydrogen (secondary N) is 1. The van der Waals surface area contributed by atoms with E-state index in [0.29, 0.717) is 30.1 Å². The first kappa shape index (κ1) is 20.4. The summed E-state index contributed by atoms with van der Waals surface area (Å²) in [5.74, 6) is -0.706. The normalized spacial score (nSPS) is 13.3. The van der Waals surface area contributed by atoms with Gasteiger partial charge in [-0.05, 0) is 42.3 Å². The maximum absolute atomic E-state index is 12.6. The van der Waals surface area contributed by atoms with E-state index in [1.807, 2.05) is 0 Å². The minimum atomic E-state index is -3.62. The van der Waals surface area contributed by atoms with Gasteiger partial charge in [-0.25, -0.2) is 8.42 Å². The molecule has 1 heterocycles. The Morgan fingerprint density at radius 1 is 1.18 bits per heavy atom. The van der Waals surface area contributed by atoms with Crippen LogP contribution >= 0.6 is 11.6 Å². The number of hydrogen-bond acceptors (Lipinski definition) is 4. The number of anilines is 2. The lowest BCUT2D eigenvalue weighted by atomic mass is 10.2. The minimum absolute atomic E-state index is 0.0191. The topological polar surface area (TPSA) is 83.6 Å². The van der Waals surface area contributed by atoms with Crippen molar-refractivity contribution in [1.82, 2.24) is 0 Å². The van der Waals surface area contributed by atoms with E-state index in [1.165, 1.54) is 6.07 Å². The second-order valence-corrected chi connectivity index (χ2v) is 9.05. The van der Waals surface area contributed by atoms with E-state index in [-0.39, 0.29) is 23.0 Å². The van der Waals surface area contributed by atoms with Crippen molar-refractivity contribution in [3.05, 3.63) is 53.1 Å². The van der Waals surface area contributed by atoms with Gasteiger partial charge >= 0.3 is 0 Å². The second kappa shape index (κ2) is 8.32. The van der Waals surface area contributed by atoms with Gasteiger partial charge in [0.15, 0.2) is 9.84 Å². The van der Waals surface area contributed by atoms with Crippen LogP contribution in [0.3, 0.4) is 0 Å². The van der Waals surface area contributed by atoms with Gasteiger partial charge in [-0.1, -0.05) is 30.7 Å². The Balaban J connectivity index is 1.68. The van der Waals surface area contributed by atoms with Crippen LogP contribution in [0.1, 0.15) is 25.3 Å². The Bertz CT molecular complexity index is 1020. The third-order valence-electron chi connectivity index (χ3n) is 4.65. The molecule has 148 valence electrons. The van der Waals surface area contributed by atoms with Gasteiger partial charge in [0, 0.05) is 25.1 Å². The molecule has 2 amide bonds. The molecule has 0 unspecified atom stereocenters. The highest BCUT2D eigenvalue weighted by molar-refractivity contribution is 7.91. The monoisotopic (exact) mass is 420 g/mol. The third-order valence-corrected chi connectivity index (χ3v) is 6.70. The molecule has 0 spiro atoms. The van der Waals surface area contributed by atoms with Crippen LogP contribution in [0.4, 0.5) is 11.4 Å². The first-order chi connectivity index (χ1) is 13.3. The maximum Gasteiger partial charge on any atom is 0.226 e. The molecule has 0 atom stereocenters. The molecule has 0 saturated heterocycles. The molecule has 1 aliphatic rings. The lowest BCUT2D eigenvalue weighted by Gasteiger charge is -2.16. The lowest BCUT2D eigenvalue weighted by molar-refractivity contribution is -0.118. The summed E-state index contributed by atoms with van der Waals surface area (Å²) in [6, 6.07) is 11.6. The summed E-state index contributed by atoms with van der Waals surface area (Å²) in [4.78, 5) is 25.9. The van der Waals surface area contributed by atoms with Gasteiger partial charge < -0.3 is 10.2 Å². The number of hydrogen-bond donors (Lipinski definition) is 1. The van der Waals surface area contributed by atoms with Crippen molar-refractivity contribution in [3.63, 3.8) is 0 Å². The number of benzene rings is 2. The summed E-state index contributed by atoms with van der Waals surface area (Å²) in [5, 5.41) is 3.01. The zero-order valence-corrected chi connectivity index (χ0v) is 17.0. The Labute approximate surface area is 169 Å². The zero-order chi connectivity index (χ0) is 20.3. The molecule has 0 radical (unpaired) electrons. The molecular weight excluding hydrogens is 400 g/mol. The van der Waals surface area contributed by atoms with Crippen molar-refractivity contribution in [2.75, 3.05) is 22.5 Å². The van der Waals surface area contributed by atoms with Gasteiger partial charge in [-0.2, -0.15) is 0 Å². The molecule has 2 aromatic carbocycles. The zero-order valence-electron chi connectivity index (χ0n) is 15.4. The minimum Gasteiger partial charge on any atom is -0.325 e. The standard InChI is InChI=1S/C20H21ClN2O4S/c1-2-20(25)23-11-9-14-13-15(7-8-18(14)23)28(26,27)12-10-19(24)22-17-6-4-3-5-16(17)21/h3-8,13H,2,9-12H2,1H3,(H,22,24). The summed E-state index contributed by atoms with van der Waals surface area (Å²) in [7, 11) is -3.62. The number of nitrogens with zero attached hydrogens (tertiary/aromatic N) is 1. The van der Waals surface area contributed by atoms with Crippen LogP contribution in [0.15, 0.2) is 47.4 Å². The quantitative estimate of drug-likeness (QED) is 0.775. The van der Waals surface area contributed by atoms with Gasteiger partial charge in [0.2, 0.25) is 11.8 Å². The Kier molecular flexibility index (Phi) is 6.05. The van der Waals surface area contributed by atoms with Crippen LogP contribution in [-0.2, 0) is 25.8 Å². The number of carbonyl (C=O) groups is 2. The van der Waals surface area contributed by atoms with E-state index in [0.717, 1.165) is 11.3 Å². The maximum atomic E-state index is 12.6. The number of sulfone groups is 1. The van der Waals surface area contributed by atoms with E-state index in [2.05, 4.69) is 5.32 Å². The predicted octanol–water partition coefficient (Wildman–Crippen LogP) is 3.44. The lowest BCUT2D eigenvalue weighted by Crippen LogP contribution is -2.27. The smallest absolute Gasteiger partial charge is 0.226 e. The van der Waals surface area contributed by atoms with Gasteiger partial charge in [0.1, 0.15) is 0 Å². The fraction of sp³-hybridized carbons (Fsp3) is 0.300. The van der Waals surface area contributed by atoms with Gasteiger partial charge in [-0.15, -0.1) is 0 Å². The highest BCUT2D eigenvalue weighted by Gasteiger charge is 2.26. The number of rotatable bonds is 6. The number of amides is 2. The summed E-state index contributed by atoms with van der Waals surface area (Å²) in [6.07, 6.45) is 0.850. The van der Waals surface area contributed by atoms with Crippen LogP contribution in [0.2, 0.25) is 5.02 Å². The summed E-state index contributed by atoms with van der Waals surface area (Å²) < 4.78 is 25.3. The van der Waals surface area contributed by atoms with Crippen molar-refractivity contribution in [3.8, 4) is 0 Å². The van der Waals surface area contributed by atoms with Crippen LogP contribution in [0.25, 0.3) is 0 Å². The average molecular weight is 421 g/mol. The molecule has 1 N–H and O–H groups in total. The predicted molar refractivity (Wildman–Crippen MR) is 110 cm³/mol. The number of halogens is 1. The van der Waals surface area contributed by atoms with Gasteiger partial charge in [-0.3, -0.25) is 9.59 Å². The van der Waals surface area contributed by atoms with E-state index in [9.17, 15) is 18.0 Å². The van der Waals surface area contributed by atoms with E-state index >= 15 is 0 Å². The first-order valence-electron chi connectivity index (χ1n) is 9.02. The molecule has 0 saturated carbocycles. The second-order valence-electron chi connectivity index (χ2n) is 6.54. The Morgan fingerprint density at radius 2 is 1.93 bits per heavy atom. The van der Waals surface area contributed by atoms with Crippen molar-refractivity contribution in [2.45, 2.75) is 31.1 Å². The van der Waals surface area contributed by atoms with Crippen LogP contribution in [-0.4, -0.2) is 32.5 Å². The molecule has 6 nitrogen and oxygen atoms in total. The van der Waals surface area contributed by atoms with E-state index < -0.39 is 15.7 Å². The first-order valence-corrected chi connectivity index (χ1v) is 11.1. The van der Waals surface area contributed by atoms with E-state index in [4.69, 9.17) is 11.6 Å². The molecular formula is C20H21ClN2O4S. The summed E-state index contributed by atoms with van der Waals surface area (Å²) in [5.41, 5.74) is 2.05. The highest BCUT2D eigenvalue weighted by Crippen LogP contribution is 2.31. The van der Waals surface area contributed by atoms with Crippen molar-refractivity contribution >= 4 is 44.6 Å². The van der Waals surface area contributed by atoms with Crippen molar-refractivity contribution in [2.24, 2.45) is 0 Å². The molecule has 8 heteroatoms. The molecule has 0 bridgehead atoms. The Hall–Kier alpha value is -2.38. The molecule has 3 rings (SSSR count). The van der Waals surface area contributed by atoms with Crippen LogP contribution < -0.4 is 10.2 Å². The number of para-hydroxylation sites is 1. The summed E-state index contributed by atoms with van der Waals surface area (Å²) >= 11 is 5.99.